The first kappa shape index (κ1) is 14.0. The summed E-state index contributed by atoms with van der Waals surface area (Å²) in [5, 5.41) is 11.3. The van der Waals surface area contributed by atoms with E-state index in [4.69, 9.17) is 5.11 Å². The van der Waals surface area contributed by atoms with E-state index >= 15 is 0 Å². The van der Waals surface area contributed by atoms with Crippen molar-refractivity contribution in [1.29, 1.82) is 0 Å². The van der Waals surface area contributed by atoms with Crippen molar-refractivity contribution >= 4 is 17.7 Å². The van der Waals surface area contributed by atoms with Crippen LogP contribution < -0.4 is 5.32 Å². The zero-order chi connectivity index (χ0) is 13.9. The fraction of sp³-hybridized carbons (Fsp3) is 0.417. The summed E-state index contributed by atoms with van der Waals surface area (Å²) in [5.41, 5.74) is 0.686. The minimum atomic E-state index is -1.08. The van der Waals surface area contributed by atoms with Gasteiger partial charge in [-0.1, -0.05) is 6.92 Å². The number of rotatable bonds is 5. The molecule has 1 amide bonds. The SMILES string of the molecule is CCC(NC(=O)c1cc(C(C)=O)cn1C)C(=O)O. The Hall–Kier alpha value is -2.11. The molecule has 0 aliphatic rings. The van der Waals surface area contributed by atoms with Crippen molar-refractivity contribution < 1.29 is 19.5 Å². The van der Waals surface area contributed by atoms with Crippen LogP contribution >= 0.6 is 0 Å². The molecule has 0 fully saturated rings. The molecular weight excluding hydrogens is 236 g/mol. The van der Waals surface area contributed by atoms with Crippen LogP contribution in [0.3, 0.4) is 0 Å². The lowest BCUT2D eigenvalue weighted by molar-refractivity contribution is -0.139. The van der Waals surface area contributed by atoms with Crippen LogP contribution in [-0.2, 0) is 11.8 Å². The molecule has 6 nitrogen and oxygen atoms in total. The first-order valence-corrected chi connectivity index (χ1v) is 5.57. The van der Waals surface area contributed by atoms with Crippen LogP contribution in [0, 0.1) is 0 Å². The maximum absolute atomic E-state index is 11.9. The maximum Gasteiger partial charge on any atom is 0.326 e. The van der Waals surface area contributed by atoms with Gasteiger partial charge in [0, 0.05) is 18.8 Å². The Morgan fingerprint density at radius 2 is 2.06 bits per heavy atom. The van der Waals surface area contributed by atoms with Crippen molar-refractivity contribution in [3.63, 3.8) is 0 Å². The molecule has 1 aromatic rings. The van der Waals surface area contributed by atoms with E-state index in [-0.39, 0.29) is 11.5 Å². The summed E-state index contributed by atoms with van der Waals surface area (Å²) in [4.78, 5) is 33.9. The number of nitrogens with one attached hydrogen (secondary N) is 1. The van der Waals surface area contributed by atoms with Gasteiger partial charge in [-0.15, -0.1) is 0 Å². The lowest BCUT2D eigenvalue weighted by Gasteiger charge is -2.12. The van der Waals surface area contributed by atoms with Gasteiger partial charge in [0.1, 0.15) is 11.7 Å². The number of aromatic nitrogens is 1. The molecule has 6 heteroatoms. The molecule has 1 rings (SSSR count). The third kappa shape index (κ3) is 2.97. The summed E-state index contributed by atoms with van der Waals surface area (Å²) in [6.45, 7) is 3.08. The summed E-state index contributed by atoms with van der Waals surface area (Å²) in [6.07, 6.45) is 1.84. The van der Waals surface area contributed by atoms with Crippen LogP contribution in [0.5, 0.6) is 0 Å². The van der Waals surface area contributed by atoms with Gasteiger partial charge in [0.2, 0.25) is 0 Å². The Kier molecular flexibility index (Phi) is 4.25. The molecule has 0 radical (unpaired) electrons. The van der Waals surface area contributed by atoms with E-state index in [0.717, 1.165) is 0 Å². The molecule has 0 saturated carbocycles. The number of carboxylic acid groups (broad SMARTS) is 1. The topological polar surface area (TPSA) is 88.4 Å². The molecule has 98 valence electrons. The van der Waals surface area contributed by atoms with E-state index in [2.05, 4.69) is 5.32 Å². The number of aryl methyl sites for hydroxylation is 1. The van der Waals surface area contributed by atoms with Gasteiger partial charge < -0.3 is 15.0 Å². The largest absolute Gasteiger partial charge is 0.480 e. The van der Waals surface area contributed by atoms with Gasteiger partial charge >= 0.3 is 5.97 Å². The molecule has 0 aliphatic heterocycles. The number of aliphatic carboxylic acids is 1. The number of hydrogen-bond acceptors (Lipinski definition) is 3. The second-order valence-electron chi connectivity index (χ2n) is 4.05. The Morgan fingerprint density at radius 1 is 1.44 bits per heavy atom. The second kappa shape index (κ2) is 5.48. The van der Waals surface area contributed by atoms with Crippen LogP contribution in [-0.4, -0.2) is 33.4 Å². The van der Waals surface area contributed by atoms with Crippen LogP contribution in [0.15, 0.2) is 12.3 Å². The van der Waals surface area contributed by atoms with Crippen molar-refractivity contribution in [2.75, 3.05) is 0 Å². The molecule has 1 atom stereocenters. The van der Waals surface area contributed by atoms with E-state index < -0.39 is 17.9 Å². The summed E-state index contributed by atoms with van der Waals surface area (Å²) in [5.74, 6) is -1.72. The molecule has 0 saturated heterocycles. The predicted molar refractivity (Wildman–Crippen MR) is 64.6 cm³/mol. The lowest BCUT2D eigenvalue weighted by atomic mass is 10.2. The van der Waals surface area contributed by atoms with E-state index in [1.54, 1.807) is 20.2 Å². The lowest BCUT2D eigenvalue weighted by Crippen LogP contribution is -2.40. The summed E-state index contributed by atoms with van der Waals surface area (Å²) >= 11 is 0. The van der Waals surface area contributed by atoms with Crippen LogP contribution in [0.2, 0.25) is 0 Å². The van der Waals surface area contributed by atoms with Crippen molar-refractivity contribution in [3.8, 4) is 0 Å². The first-order valence-electron chi connectivity index (χ1n) is 5.57. The fourth-order valence-electron chi connectivity index (χ4n) is 1.55. The summed E-state index contributed by atoms with van der Waals surface area (Å²) < 4.78 is 1.50. The van der Waals surface area contributed by atoms with Gasteiger partial charge in [0.25, 0.3) is 5.91 Å². The minimum Gasteiger partial charge on any atom is -0.480 e. The highest BCUT2D eigenvalue weighted by molar-refractivity contribution is 6.00. The molecule has 0 bridgehead atoms. The standard InChI is InChI=1S/C12H16N2O4/c1-4-9(12(17)18)13-11(16)10-5-8(7(2)15)6-14(10)3/h5-6,9H,4H2,1-3H3,(H,13,16)(H,17,18). The molecular formula is C12H16N2O4. The monoisotopic (exact) mass is 252 g/mol. The molecule has 1 heterocycles. The average molecular weight is 252 g/mol. The Balaban J connectivity index is 2.90. The zero-order valence-electron chi connectivity index (χ0n) is 10.6. The number of carboxylic acids is 1. The summed E-state index contributed by atoms with van der Waals surface area (Å²) in [7, 11) is 1.63. The van der Waals surface area contributed by atoms with Crippen molar-refractivity contribution in [2.45, 2.75) is 26.3 Å². The Bertz CT molecular complexity index is 490. The Morgan fingerprint density at radius 3 is 2.44 bits per heavy atom. The predicted octanol–water partition coefficient (Wildman–Crippen LogP) is 0.821. The third-order valence-corrected chi connectivity index (χ3v) is 2.66. The molecule has 2 N–H and O–H groups in total. The molecule has 18 heavy (non-hydrogen) atoms. The number of nitrogens with zero attached hydrogens (tertiary/aromatic N) is 1. The number of carbonyl (C=O) groups excluding carboxylic acids is 2. The molecule has 1 aromatic heterocycles. The van der Waals surface area contributed by atoms with E-state index in [1.165, 1.54) is 17.6 Å². The van der Waals surface area contributed by atoms with Gasteiger partial charge in [-0.05, 0) is 19.4 Å². The molecule has 0 aromatic carbocycles. The van der Waals surface area contributed by atoms with E-state index in [1.807, 2.05) is 0 Å². The van der Waals surface area contributed by atoms with E-state index in [9.17, 15) is 14.4 Å². The minimum absolute atomic E-state index is 0.144. The maximum atomic E-state index is 11.9. The smallest absolute Gasteiger partial charge is 0.326 e. The number of Topliss-reactive ketones (excluding diaryl/α,β-unsaturated/α-hetero) is 1. The van der Waals surface area contributed by atoms with Crippen LogP contribution in [0.1, 0.15) is 41.1 Å². The fourth-order valence-corrected chi connectivity index (χ4v) is 1.55. The molecule has 1 unspecified atom stereocenters. The van der Waals surface area contributed by atoms with Gasteiger partial charge in [0.05, 0.1) is 0 Å². The quantitative estimate of drug-likeness (QED) is 0.759. The molecule has 0 spiro atoms. The number of hydrogen-bond donors (Lipinski definition) is 2. The van der Waals surface area contributed by atoms with Gasteiger partial charge in [-0.25, -0.2) is 4.79 Å². The highest BCUT2D eigenvalue weighted by atomic mass is 16.4. The van der Waals surface area contributed by atoms with Crippen molar-refractivity contribution in [3.05, 3.63) is 23.5 Å². The van der Waals surface area contributed by atoms with Crippen molar-refractivity contribution in [1.82, 2.24) is 9.88 Å². The number of carbonyl (C=O) groups is 3. The zero-order valence-corrected chi connectivity index (χ0v) is 10.6. The van der Waals surface area contributed by atoms with Crippen molar-refractivity contribution in [2.24, 2.45) is 7.05 Å². The normalized spacial score (nSPS) is 11.9. The van der Waals surface area contributed by atoms with E-state index in [0.29, 0.717) is 12.0 Å². The second-order valence-corrected chi connectivity index (χ2v) is 4.05. The molecule has 0 aliphatic carbocycles. The highest BCUT2D eigenvalue weighted by Gasteiger charge is 2.20. The first-order chi connectivity index (χ1) is 8.36. The third-order valence-electron chi connectivity index (χ3n) is 2.66. The Labute approximate surface area is 105 Å². The van der Waals surface area contributed by atoms with Gasteiger partial charge in [-0.3, -0.25) is 9.59 Å². The number of ketones is 1. The van der Waals surface area contributed by atoms with Crippen LogP contribution in [0.25, 0.3) is 0 Å². The van der Waals surface area contributed by atoms with Gasteiger partial charge in [0.15, 0.2) is 5.78 Å². The van der Waals surface area contributed by atoms with Crippen LogP contribution in [0.4, 0.5) is 0 Å². The average Bonchev–Trinajstić information content (AvgIpc) is 2.67. The highest BCUT2D eigenvalue weighted by Crippen LogP contribution is 2.08. The summed E-state index contributed by atoms with van der Waals surface area (Å²) in [6, 6.07) is 0.528. The van der Waals surface area contributed by atoms with Gasteiger partial charge in [-0.2, -0.15) is 0 Å². The number of amides is 1.